The fourth-order valence-corrected chi connectivity index (χ4v) is 2.75. The Kier molecular flexibility index (Phi) is 4.48. The SMILES string of the molecule is Cc1cc(N2CCN(CCn3ncccc3=O)CC2)ccn1. The summed E-state index contributed by atoms with van der Waals surface area (Å²) in [5.41, 5.74) is 2.26. The van der Waals surface area contributed by atoms with E-state index in [9.17, 15) is 4.79 Å². The number of hydrogen-bond acceptors (Lipinski definition) is 5. The first-order valence-electron chi connectivity index (χ1n) is 7.64. The third-order valence-electron chi connectivity index (χ3n) is 4.03. The lowest BCUT2D eigenvalue weighted by Gasteiger charge is -2.36. The Morgan fingerprint density at radius 1 is 1.09 bits per heavy atom. The van der Waals surface area contributed by atoms with Crippen molar-refractivity contribution in [2.45, 2.75) is 13.5 Å². The zero-order chi connectivity index (χ0) is 15.4. The molecule has 116 valence electrons. The topological polar surface area (TPSA) is 54.3 Å². The number of piperazine rings is 1. The van der Waals surface area contributed by atoms with Gasteiger partial charge in [-0.2, -0.15) is 5.10 Å². The summed E-state index contributed by atoms with van der Waals surface area (Å²) in [6.45, 7) is 7.53. The standard InChI is InChI=1S/C16H21N5O/c1-14-13-15(4-6-17-14)20-10-7-19(8-11-20)9-12-21-16(22)3-2-5-18-21/h2-6,13H,7-12H2,1H3. The molecule has 6 heteroatoms. The van der Waals surface area contributed by atoms with Crippen LogP contribution in [-0.2, 0) is 6.54 Å². The molecule has 0 saturated carbocycles. The first-order valence-corrected chi connectivity index (χ1v) is 7.64. The van der Waals surface area contributed by atoms with Gasteiger partial charge in [0.05, 0.1) is 6.54 Å². The summed E-state index contributed by atoms with van der Waals surface area (Å²) in [5, 5.41) is 4.10. The molecule has 2 aromatic heterocycles. The van der Waals surface area contributed by atoms with Gasteiger partial charge in [0.15, 0.2) is 0 Å². The molecule has 22 heavy (non-hydrogen) atoms. The van der Waals surface area contributed by atoms with Crippen LogP contribution in [0.15, 0.2) is 41.5 Å². The van der Waals surface area contributed by atoms with Crippen LogP contribution in [0.3, 0.4) is 0 Å². The van der Waals surface area contributed by atoms with Crippen molar-refractivity contribution in [1.29, 1.82) is 0 Å². The third-order valence-corrected chi connectivity index (χ3v) is 4.03. The molecule has 0 N–H and O–H groups in total. The average Bonchev–Trinajstić information content (AvgIpc) is 2.55. The van der Waals surface area contributed by atoms with Crippen LogP contribution in [0.5, 0.6) is 0 Å². The highest BCUT2D eigenvalue weighted by atomic mass is 16.1. The van der Waals surface area contributed by atoms with E-state index >= 15 is 0 Å². The molecule has 0 aliphatic carbocycles. The molecule has 0 amide bonds. The van der Waals surface area contributed by atoms with Crippen LogP contribution in [0.25, 0.3) is 0 Å². The minimum atomic E-state index is -0.0339. The van der Waals surface area contributed by atoms with E-state index < -0.39 is 0 Å². The first-order chi connectivity index (χ1) is 10.7. The monoisotopic (exact) mass is 299 g/mol. The van der Waals surface area contributed by atoms with Crippen molar-refractivity contribution in [1.82, 2.24) is 19.7 Å². The van der Waals surface area contributed by atoms with E-state index in [1.807, 2.05) is 13.1 Å². The van der Waals surface area contributed by atoms with E-state index in [1.54, 1.807) is 18.3 Å². The maximum atomic E-state index is 11.6. The van der Waals surface area contributed by atoms with Gasteiger partial charge in [0.1, 0.15) is 0 Å². The molecule has 0 aromatic carbocycles. The van der Waals surface area contributed by atoms with Crippen LogP contribution in [0.2, 0.25) is 0 Å². The second-order valence-electron chi connectivity index (χ2n) is 5.57. The summed E-state index contributed by atoms with van der Waals surface area (Å²) in [6, 6.07) is 7.42. The highest BCUT2D eigenvalue weighted by molar-refractivity contribution is 5.46. The van der Waals surface area contributed by atoms with Crippen molar-refractivity contribution in [2.24, 2.45) is 0 Å². The second-order valence-corrected chi connectivity index (χ2v) is 5.57. The molecule has 3 rings (SSSR count). The van der Waals surface area contributed by atoms with Crippen molar-refractivity contribution in [2.75, 3.05) is 37.6 Å². The van der Waals surface area contributed by atoms with Gasteiger partial charge in [-0.05, 0) is 25.1 Å². The van der Waals surface area contributed by atoms with Gasteiger partial charge in [0, 0.05) is 62.6 Å². The minimum Gasteiger partial charge on any atom is -0.369 e. The van der Waals surface area contributed by atoms with Crippen LogP contribution in [0.4, 0.5) is 5.69 Å². The molecular weight excluding hydrogens is 278 g/mol. The molecule has 1 saturated heterocycles. The van der Waals surface area contributed by atoms with Crippen LogP contribution in [0, 0.1) is 6.92 Å². The fourth-order valence-electron chi connectivity index (χ4n) is 2.75. The molecule has 0 spiro atoms. The number of nitrogens with zero attached hydrogens (tertiary/aromatic N) is 5. The van der Waals surface area contributed by atoms with Crippen molar-refractivity contribution in [3.05, 3.63) is 52.7 Å². The van der Waals surface area contributed by atoms with Crippen LogP contribution in [0.1, 0.15) is 5.69 Å². The molecule has 2 aromatic rings. The lowest BCUT2D eigenvalue weighted by molar-refractivity contribution is 0.242. The molecule has 3 heterocycles. The Labute approximate surface area is 130 Å². The summed E-state index contributed by atoms with van der Waals surface area (Å²) >= 11 is 0. The highest BCUT2D eigenvalue weighted by Gasteiger charge is 2.17. The minimum absolute atomic E-state index is 0.0339. The van der Waals surface area contributed by atoms with Crippen LogP contribution >= 0.6 is 0 Å². The molecule has 0 radical (unpaired) electrons. The molecule has 6 nitrogen and oxygen atoms in total. The van der Waals surface area contributed by atoms with E-state index in [2.05, 4.69) is 32.0 Å². The summed E-state index contributed by atoms with van der Waals surface area (Å²) in [5.74, 6) is 0. The predicted molar refractivity (Wildman–Crippen MR) is 86.1 cm³/mol. The van der Waals surface area contributed by atoms with Crippen LogP contribution < -0.4 is 10.5 Å². The molecule has 0 atom stereocenters. The van der Waals surface area contributed by atoms with Gasteiger partial charge in [-0.25, -0.2) is 4.68 Å². The van der Waals surface area contributed by atoms with Gasteiger partial charge in [0.25, 0.3) is 5.56 Å². The lowest BCUT2D eigenvalue weighted by atomic mass is 10.2. The Balaban J connectivity index is 1.52. The van der Waals surface area contributed by atoms with E-state index in [0.29, 0.717) is 6.54 Å². The maximum absolute atomic E-state index is 11.6. The number of hydrogen-bond donors (Lipinski definition) is 0. The quantitative estimate of drug-likeness (QED) is 0.834. The highest BCUT2D eigenvalue weighted by Crippen LogP contribution is 2.16. The van der Waals surface area contributed by atoms with E-state index in [4.69, 9.17) is 0 Å². The van der Waals surface area contributed by atoms with Gasteiger partial charge >= 0.3 is 0 Å². The van der Waals surface area contributed by atoms with Gasteiger partial charge in [-0.15, -0.1) is 0 Å². The van der Waals surface area contributed by atoms with Crippen molar-refractivity contribution >= 4 is 5.69 Å². The van der Waals surface area contributed by atoms with E-state index in [0.717, 1.165) is 38.4 Å². The molecule has 1 fully saturated rings. The predicted octanol–water partition coefficient (Wildman–Crippen LogP) is 0.769. The zero-order valence-electron chi connectivity index (χ0n) is 12.9. The third kappa shape index (κ3) is 3.51. The summed E-state index contributed by atoms with van der Waals surface area (Å²) in [6.07, 6.45) is 3.52. The zero-order valence-corrected chi connectivity index (χ0v) is 12.9. The smallest absolute Gasteiger partial charge is 0.266 e. The number of aromatic nitrogens is 3. The van der Waals surface area contributed by atoms with Gasteiger partial charge in [-0.3, -0.25) is 14.7 Å². The lowest BCUT2D eigenvalue weighted by Crippen LogP contribution is -2.47. The number of anilines is 1. The maximum Gasteiger partial charge on any atom is 0.266 e. The van der Waals surface area contributed by atoms with Crippen LogP contribution in [-0.4, -0.2) is 52.4 Å². The first kappa shape index (κ1) is 14.7. The Bertz CT molecular complexity index is 676. The van der Waals surface area contributed by atoms with Crippen molar-refractivity contribution < 1.29 is 0 Å². The van der Waals surface area contributed by atoms with Crippen molar-refractivity contribution in [3.8, 4) is 0 Å². The van der Waals surface area contributed by atoms with Gasteiger partial charge < -0.3 is 4.90 Å². The molecule has 0 bridgehead atoms. The number of pyridine rings is 1. The molecule has 1 aliphatic heterocycles. The molecule has 1 aliphatic rings. The van der Waals surface area contributed by atoms with Gasteiger partial charge in [-0.1, -0.05) is 0 Å². The summed E-state index contributed by atoms with van der Waals surface area (Å²) in [7, 11) is 0. The summed E-state index contributed by atoms with van der Waals surface area (Å²) < 4.78 is 1.53. The Morgan fingerprint density at radius 2 is 1.91 bits per heavy atom. The molecule has 0 unspecified atom stereocenters. The molecular formula is C16H21N5O. The summed E-state index contributed by atoms with van der Waals surface area (Å²) in [4.78, 5) is 20.6. The normalized spacial score (nSPS) is 16.0. The van der Waals surface area contributed by atoms with E-state index in [1.165, 1.54) is 10.4 Å². The Morgan fingerprint density at radius 3 is 2.64 bits per heavy atom. The Hall–Kier alpha value is -2.21. The van der Waals surface area contributed by atoms with Gasteiger partial charge in [0.2, 0.25) is 0 Å². The van der Waals surface area contributed by atoms with Crippen molar-refractivity contribution in [3.63, 3.8) is 0 Å². The second kappa shape index (κ2) is 6.70. The number of aryl methyl sites for hydroxylation is 1. The average molecular weight is 299 g/mol. The largest absolute Gasteiger partial charge is 0.369 e. The number of rotatable bonds is 4. The fraction of sp³-hybridized carbons (Fsp3) is 0.438. The van der Waals surface area contributed by atoms with E-state index in [-0.39, 0.29) is 5.56 Å².